The molecule has 16 heavy (non-hydrogen) atoms. The third-order valence-corrected chi connectivity index (χ3v) is 2.25. The minimum Gasteiger partial charge on any atom is -0.444 e. The summed E-state index contributed by atoms with van der Waals surface area (Å²) in [5.41, 5.74) is 5.72. The van der Waals surface area contributed by atoms with Gasteiger partial charge >= 0.3 is 6.09 Å². The fourth-order valence-electron chi connectivity index (χ4n) is 1.40. The second kappa shape index (κ2) is 7.30. The quantitative estimate of drug-likeness (QED) is 0.760. The highest BCUT2D eigenvalue weighted by atomic mass is 35.5. The number of carbonyl (C=O) groups is 1. The lowest BCUT2D eigenvalue weighted by Gasteiger charge is -2.23. The number of allylic oxidation sites excluding steroid dienone is 2. The molecule has 2 unspecified atom stereocenters. The van der Waals surface area contributed by atoms with E-state index in [0.29, 0.717) is 5.03 Å². The van der Waals surface area contributed by atoms with Gasteiger partial charge in [0.25, 0.3) is 0 Å². The molecule has 0 aromatic rings. The molecule has 0 aromatic heterocycles. The molecule has 0 aromatic carbocycles. The highest BCUT2D eigenvalue weighted by Crippen LogP contribution is 2.20. The van der Waals surface area contributed by atoms with Gasteiger partial charge in [-0.2, -0.15) is 0 Å². The largest absolute Gasteiger partial charge is 0.444 e. The van der Waals surface area contributed by atoms with Crippen molar-refractivity contribution in [3.8, 4) is 0 Å². The molecule has 0 aliphatic heterocycles. The molecule has 0 heterocycles. The Bertz CT molecular complexity index is 296. The molecule has 0 fully saturated rings. The minimum atomic E-state index is -0.832. The van der Waals surface area contributed by atoms with Crippen LogP contribution < -0.4 is 5.73 Å². The van der Waals surface area contributed by atoms with Crippen molar-refractivity contribution in [2.75, 3.05) is 7.11 Å². The highest BCUT2D eigenvalue weighted by Gasteiger charge is 2.23. The smallest absolute Gasteiger partial charge is 0.404 e. The molecular formula is C11H18ClNO3. The van der Waals surface area contributed by atoms with Crippen LogP contribution >= 0.6 is 11.6 Å². The van der Waals surface area contributed by atoms with Crippen LogP contribution in [-0.4, -0.2) is 25.4 Å². The zero-order valence-corrected chi connectivity index (χ0v) is 10.7. The van der Waals surface area contributed by atoms with Crippen molar-refractivity contribution >= 4 is 17.7 Å². The normalized spacial score (nSPS) is 16.8. The SMILES string of the molecule is CC=CC(=C(C)Cl)C(OC)C(C)OC(N)=O. The minimum absolute atomic E-state index is 0.429. The van der Waals surface area contributed by atoms with Gasteiger partial charge in [0.1, 0.15) is 12.2 Å². The van der Waals surface area contributed by atoms with Crippen LogP contribution in [0.1, 0.15) is 20.8 Å². The van der Waals surface area contributed by atoms with Crippen LogP contribution in [0, 0.1) is 0 Å². The first-order valence-electron chi connectivity index (χ1n) is 4.91. The third-order valence-electron chi connectivity index (χ3n) is 2.03. The topological polar surface area (TPSA) is 61.6 Å². The molecule has 0 bridgehead atoms. The van der Waals surface area contributed by atoms with E-state index >= 15 is 0 Å². The summed E-state index contributed by atoms with van der Waals surface area (Å²) in [6, 6.07) is 0. The van der Waals surface area contributed by atoms with Gasteiger partial charge in [0, 0.05) is 12.1 Å². The van der Waals surface area contributed by atoms with Gasteiger partial charge in [0.15, 0.2) is 0 Å². The lowest BCUT2D eigenvalue weighted by molar-refractivity contribution is 0.0106. The number of primary amides is 1. The Balaban J connectivity index is 4.95. The summed E-state index contributed by atoms with van der Waals surface area (Å²) in [5.74, 6) is 0. The Morgan fingerprint density at radius 1 is 1.50 bits per heavy atom. The molecular weight excluding hydrogens is 230 g/mol. The van der Waals surface area contributed by atoms with Crippen LogP contribution in [-0.2, 0) is 9.47 Å². The molecule has 0 rings (SSSR count). The van der Waals surface area contributed by atoms with E-state index in [2.05, 4.69) is 0 Å². The first-order valence-corrected chi connectivity index (χ1v) is 5.29. The fraction of sp³-hybridized carbons (Fsp3) is 0.545. The number of carbonyl (C=O) groups excluding carboxylic acids is 1. The van der Waals surface area contributed by atoms with Crippen molar-refractivity contribution in [1.82, 2.24) is 0 Å². The van der Waals surface area contributed by atoms with Crippen molar-refractivity contribution in [1.29, 1.82) is 0 Å². The summed E-state index contributed by atoms with van der Waals surface area (Å²) in [4.78, 5) is 10.7. The van der Waals surface area contributed by atoms with Crippen molar-refractivity contribution in [2.24, 2.45) is 5.73 Å². The molecule has 0 radical (unpaired) electrons. The molecule has 92 valence electrons. The average molecular weight is 248 g/mol. The maximum absolute atomic E-state index is 10.7. The van der Waals surface area contributed by atoms with Gasteiger partial charge in [-0.3, -0.25) is 0 Å². The van der Waals surface area contributed by atoms with Crippen LogP contribution in [0.3, 0.4) is 0 Å². The van der Waals surface area contributed by atoms with Crippen molar-refractivity contribution < 1.29 is 14.3 Å². The highest BCUT2D eigenvalue weighted by molar-refractivity contribution is 6.29. The molecule has 0 aliphatic rings. The standard InChI is InChI=1S/C11H18ClNO3/c1-5-6-9(7(2)12)10(15-4)8(3)16-11(13)14/h5-6,8,10H,1-4H3,(H2,13,14). The van der Waals surface area contributed by atoms with Crippen LogP contribution in [0.5, 0.6) is 0 Å². The van der Waals surface area contributed by atoms with Crippen molar-refractivity contribution in [2.45, 2.75) is 33.0 Å². The molecule has 0 saturated carbocycles. The van der Waals surface area contributed by atoms with E-state index < -0.39 is 18.3 Å². The first kappa shape index (κ1) is 15.0. The van der Waals surface area contributed by atoms with E-state index in [4.69, 9.17) is 26.8 Å². The van der Waals surface area contributed by atoms with Gasteiger partial charge in [0.2, 0.25) is 0 Å². The summed E-state index contributed by atoms with van der Waals surface area (Å²) in [7, 11) is 1.52. The molecule has 5 heteroatoms. The van der Waals surface area contributed by atoms with Crippen molar-refractivity contribution in [3.05, 3.63) is 22.8 Å². The molecule has 2 N–H and O–H groups in total. The van der Waals surface area contributed by atoms with Crippen LogP contribution in [0.15, 0.2) is 22.8 Å². The Morgan fingerprint density at radius 2 is 2.06 bits per heavy atom. The van der Waals surface area contributed by atoms with Gasteiger partial charge < -0.3 is 15.2 Å². The summed E-state index contributed by atoms with van der Waals surface area (Å²) < 4.78 is 10.1. The van der Waals surface area contributed by atoms with E-state index in [0.717, 1.165) is 5.57 Å². The molecule has 0 saturated heterocycles. The lowest BCUT2D eigenvalue weighted by Crippen LogP contribution is -2.33. The Hall–Kier alpha value is -1.00. The Kier molecular flexibility index (Phi) is 6.85. The first-order chi connectivity index (χ1) is 7.43. The van der Waals surface area contributed by atoms with Gasteiger partial charge in [-0.05, 0) is 26.3 Å². The van der Waals surface area contributed by atoms with E-state index in [1.54, 1.807) is 13.8 Å². The lowest BCUT2D eigenvalue weighted by atomic mass is 10.0. The van der Waals surface area contributed by atoms with E-state index in [9.17, 15) is 4.79 Å². The predicted molar refractivity (Wildman–Crippen MR) is 64.3 cm³/mol. The number of hydrogen-bond acceptors (Lipinski definition) is 3. The van der Waals surface area contributed by atoms with Gasteiger partial charge in [-0.25, -0.2) is 4.79 Å². The molecule has 0 aliphatic carbocycles. The number of ether oxygens (including phenoxy) is 2. The number of amides is 1. The second-order valence-electron chi connectivity index (χ2n) is 3.29. The van der Waals surface area contributed by atoms with Crippen LogP contribution in [0.4, 0.5) is 4.79 Å². The summed E-state index contributed by atoms with van der Waals surface area (Å²) in [6.07, 6.45) is 1.90. The monoisotopic (exact) mass is 247 g/mol. The van der Waals surface area contributed by atoms with Crippen molar-refractivity contribution in [3.63, 3.8) is 0 Å². The zero-order valence-electron chi connectivity index (χ0n) is 9.99. The number of hydrogen-bond donors (Lipinski definition) is 1. The van der Waals surface area contributed by atoms with Gasteiger partial charge in [-0.15, -0.1) is 0 Å². The van der Waals surface area contributed by atoms with Crippen LogP contribution in [0.2, 0.25) is 0 Å². The third kappa shape index (κ3) is 4.68. The molecule has 2 atom stereocenters. The van der Waals surface area contributed by atoms with Gasteiger partial charge in [0.05, 0.1) is 0 Å². The average Bonchev–Trinajstić information content (AvgIpc) is 2.16. The van der Waals surface area contributed by atoms with Crippen LogP contribution in [0.25, 0.3) is 0 Å². The molecule has 0 spiro atoms. The number of rotatable bonds is 5. The maximum atomic E-state index is 10.7. The maximum Gasteiger partial charge on any atom is 0.404 e. The summed E-state index contributed by atoms with van der Waals surface area (Å²) in [5, 5.41) is 0.588. The zero-order chi connectivity index (χ0) is 12.7. The second-order valence-corrected chi connectivity index (χ2v) is 3.85. The molecule has 4 nitrogen and oxygen atoms in total. The van der Waals surface area contributed by atoms with Gasteiger partial charge in [-0.1, -0.05) is 23.8 Å². The Morgan fingerprint density at radius 3 is 2.38 bits per heavy atom. The summed E-state index contributed by atoms with van der Waals surface area (Å²) in [6.45, 7) is 5.31. The summed E-state index contributed by atoms with van der Waals surface area (Å²) >= 11 is 5.95. The number of methoxy groups -OCH3 is 1. The predicted octanol–water partition coefficient (Wildman–Crippen LogP) is 2.57. The number of halogens is 1. The number of nitrogens with two attached hydrogens (primary N) is 1. The fourth-order valence-corrected chi connectivity index (χ4v) is 1.57. The van der Waals surface area contributed by atoms with E-state index in [1.807, 2.05) is 19.1 Å². The Labute approximate surface area is 101 Å². The van der Waals surface area contributed by atoms with E-state index in [1.165, 1.54) is 7.11 Å². The van der Waals surface area contributed by atoms with E-state index in [-0.39, 0.29) is 0 Å². The molecule has 1 amide bonds.